The second-order valence-corrected chi connectivity index (χ2v) is 9.90. The molecule has 2 aromatic carbocycles. The number of thiocarbonyl (C=S) groups is 1. The number of sulfonamides is 1. The van der Waals surface area contributed by atoms with Crippen molar-refractivity contribution in [2.45, 2.75) is 38.5 Å². The number of H-pyrrole nitrogens is 1. The zero-order valence-electron chi connectivity index (χ0n) is 18.6. The number of nitrogens with zero attached hydrogens (tertiary/aromatic N) is 2. The van der Waals surface area contributed by atoms with Gasteiger partial charge in [-0.2, -0.15) is 9.41 Å². The SMILES string of the molecule is CCCN(CCC)S(=O)(=O)c1ccc2[nH]cc(/C=N/NC(=S)Nc3cccc(C)c3)c2c1. The van der Waals surface area contributed by atoms with Crippen LogP contribution in [0.25, 0.3) is 10.9 Å². The van der Waals surface area contributed by atoms with Gasteiger partial charge in [0.2, 0.25) is 10.0 Å². The normalized spacial score (nSPS) is 12.0. The summed E-state index contributed by atoms with van der Waals surface area (Å²) in [5, 5.41) is 8.43. The van der Waals surface area contributed by atoms with Gasteiger partial charge in [-0.25, -0.2) is 8.42 Å². The number of nitrogens with one attached hydrogen (secondary N) is 3. The summed E-state index contributed by atoms with van der Waals surface area (Å²) in [6, 6.07) is 13.0. The molecule has 3 N–H and O–H groups in total. The van der Waals surface area contributed by atoms with E-state index in [1.54, 1.807) is 34.9 Å². The molecule has 3 aromatic rings. The molecule has 0 atom stereocenters. The third-order valence-corrected chi connectivity index (χ3v) is 7.00. The van der Waals surface area contributed by atoms with Crippen LogP contribution in [0.1, 0.15) is 37.8 Å². The fourth-order valence-electron chi connectivity index (χ4n) is 3.43. The summed E-state index contributed by atoms with van der Waals surface area (Å²) >= 11 is 5.29. The van der Waals surface area contributed by atoms with Crippen LogP contribution < -0.4 is 10.7 Å². The van der Waals surface area contributed by atoms with Crippen molar-refractivity contribution in [3.63, 3.8) is 0 Å². The molecule has 0 saturated heterocycles. The van der Waals surface area contributed by atoms with E-state index in [-0.39, 0.29) is 4.90 Å². The highest BCUT2D eigenvalue weighted by atomic mass is 32.2. The molecule has 0 radical (unpaired) electrons. The Hall–Kier alpha value is -2.75. The van der Waals surface area contributed by atoms with Crippen LogP contribution in [0.15, 0.2) is 58.7 Å². The van der Waals surface area contributed by atoms with E-state index < -0.39 is 10.0 Å². The van der Waals surface area contributed by atoms with Gasteiger partial charge in [-0.3, -0.25) is 5.43 Å². The average molecular weight is 472 g/mol. The van der Waals surface area contributed by atoms with Gasteiger partial charge >= 0.3 is 0 Å². The van der Waals surface area contributed by atoms with Gasteiger partial charge in [-0.1, -0.05) is 26.0 Å². The van der Waals surface area contributed by atoms with Crippen LogP contribution in [-0.4, -0.2) is 42.1 Å². The summed E-state index contributed by atoms with van der Waals surface area (Å²) in [5.41, 5.74) is 6.41. The first kappa shape index (κ1) is 23.9. The Labute approximate surface area is 195 Å². The Morgan fingerprint density at radius 2 is 1.91 bits per heavy atom. The summed E-state index contributed by atoms with van der Waals surface area (Å²) in [6.45, 7) is 6.98. The number of fused-ring (bicyclic) bond motifs is 1. The van der Waals surface area contributed by atoms with E-state index in [1.807, 2.05) is 45.0 Å². The minimum atomic E-state index is -3.56. The van der Waals surface area contributed by atoms with Gasteiger partial charge in [0.05, 0.1) is 11.1 Å². The largest absolute Gasteiger partial charge is 0.361 e. The first-order valence-electron chi connectivity index (χ1n) is 10.6. The maximum absolute atomic E-state index is 13.1. The van der Waals surface area contributed by atoms with Crippen LogP contribution in [0, 0.1) is 6.92 Å². The van der Waals surface area contributed by atoms with Crippen LogP contribution in [-0.2, 0) is 10.0 Å². The molecule has 170 valence electrons. The van der Waals surface area contributed by atoms with Crippen molar-refractivity contribution in [3.8, 4) is 0 Å². The molecule has 7 nitrogen and oxygen atoms in total. The molecule has 0 aliphatic rings. The molecule has 0 bridgehead atoms. The molecule has 0 spiro atoms. The number of hydrogen-bond acceptors (Lipinski definition) is 4. The molecular formula is C23H29N5O2S2. The zero-order valence-corrected chi connectivity index (χ0v) is 20.2. The maximum Gasteiger partial charge on any atom is 0.243 e. The fraction of sp³-hybridized carbons (Fsp3) is 0.304. The maximum atomic E-state index is 13.1. The van der Waals surface area contributed by atoms with Gasteiger partial charge in [0.25, 0.3) is 0 Å². The van der Waals surface area contributed by atoms with Gasteiger partial charge in [-0.15, -0.1) is 0 Å². The van der Waals surface area contributed by atoms with E-state index in [0.29, 0.717) is 18.2 Å². The quantitative estimate of drug-likeness (QED) is 0.241. The van der Waals surface area contributed by atoms with E-state index in [1.165, 1.54) is 0 Å². The van der Waals surface area contributed by atoms with E-state index in [4.69, 9.17) is 12.2 Å². The first-order chi connectivity index (χ1) is 15.3. The minimum absolute atomic E-state index is 0.283. The highest BCUT2D eigenvalue weighted by Gasteiger charge is 2.23. The van der Waals surface area contributed by atoms with Crippen LogP contribution in [0.5, 0.6) is 0 Å². The number of anilines is 1. The van der Waals surface area contributed by atoms with Crippen LogP contribution in [0.4, 0.5) is 5.69 Å². The van der Waals surface area contributed by atoms with Gasteiger partial charge in [0, 0.05) is 41.4 Å². The molecule has 0 fully saturated rings. The van der Waals surface area contributed by atoms with Crippen molar-refractivity contribution in [2.24, 2.45) is 5.10 Å². The molecule has 0 aliphatic carbocycles. The summed E-state index contributed by atoms with van der Waals surface area (Å²) in [5.74, 6) is 0. The molecule has 1 aromatic heterocycles. The monoisotopic (exact) mass is 471 g/mol. The highest BCUT2D eigenvalue weighted by Crippen LogP contribution is 2.24. The first-order valence-corrected chi connectivity index (χ1v) is 12.5. The number of hydrogen-bond donors (Lipinski definition) is 3. The lowest BCUT2D eigenvalue weighted by molar-refractivity contribution is 0.410. The predicted molar refractivity (Wildman–Crippen MR) is 136 cm³/mol. The molecule has 0 unspecified atom stereocenters. The van der Waals surface area contributed by atoms with E-state index in [2.05, 4.69) is 20.8 Å². The number of benzene rings is 2. The Morgan fingerprint density at radius 1 is 1.16 bits per heavy atom. The standard InChI is InChI=1S/C23H29N5O2S2/c1-4-11-28(12-5-2)32(29,30)20-9-10-22-21(14-20)18(15-24-22)16-25-27-23(31)26-19-8-6-7-17(3)13-19/h6-10,13-16,24H,4-5,11-12H2,1-3H3,(H2,26,27,31)/b25-16+. The number of aryl methyl sites for hydroxylation is 1. The van der Waals surface area contributed by atoms with E-state index >= 15 is 0 Å². The molecule has 0 saturated carbocycles. The number of aromatic nitrogens is 1. The molecule has 32 heavy (non-hydrogen) atoms. The van der Waals surface area contributed by atoms with Gasteiger partial charge in [0.15, 0.2) is 5.11 Å². The number of hydrazone groups is 1. The van der Waals surface area contributed by atoms with Crippen molar-refractivity contribution in [1.82, 2.24) is 14.7 Å². The van der Waals surface area contributed by atoms with Crippen molar-refractivity contribution in [1.29, 1.82) is 0 Å². The summed E-state index contributed by atoms with van der Waals surface area (Å²) in [6.07, 6.45) is 4.95. The Bertz CT molecular complexity index is 1210. The van der Waals surface area contributed by atoms with Gasteiger partial charge in [0.1, 0.15) is 0 Å². The smallest absolute Gasteiger partial charge is 0.243 e. The second kappa shape index (κ2) is 10.7. The third kappa shape index (κ3) is 5.73. The Kier molecular flexibility index (Phi) is 8.00. The number of rotatable bonds is 9. The van der Waals surface area contributed by atoms with Gasteiger partial charge < -0.3 is 10.3 Å². The topological polar surface area (TPSA) is 89.6 Å². The second-order valence-electron chi connectivity index (χ2n) is 7.55. The lowest BCUT2D eigenvalue weighted by Gasteiger charge is -2.21. The highest BCUT2D eigenvalue weighted by molar-refractivity contribution is 7.89. The molecular weight excluding hydrogens is 442 g/mol. The molecule has 0 amide bonds. The number of aromatic amines is 1. The van der Waals surface area contributed by atoms with Crippen molar-refractivity contribution >= 4 is 50.2 Å². The predicted octanol–water partition coefficient (Wildman–Crippen LogP) is 4.61. The summed E-state index contributed by atoms with van der Waals surface area (Å²) in [7, 11) is -3.56. The molecule has 9 heteroatoms. The lowest BCUT2D eigenvalue weighted by Crippen LogP contribution is -2.32. The van der Waals surface area contributed by atoms with E-state index in [0.717, 1.165) is 40.6 Å². The fourth-order valence-corrected chi connectivity index (χ4v) is 5.25. The Balaban J connectivity index is 1.77. The summed E-state index contributed by atoms with van der Waals surface area (Å²) < 4.78 is 27.8. The van der Waals surface area contributed by atoms with E-state index in [9.17, 15) is 8.42 Å². The lowest BCUT2D eigenvalue weighted by atomic mass is 10.2. The molecule has 1 heterocycles. The minimum Gasteiger partial charge on any atom is -0.361 e. The third-order valence-electron chi connectivity index (χ3n) is 4.91. The average Bonchev–Trinajstić information content (AvgIpc) is 3.16. The van der Waals surface area contributed by atoms with Crippen LogP contribution in [0.2, 0.25) is 0 Å². The van der Waals surface area contributed by atoms with Crippen LogP contribution >= 0.6 is 12.2 Å². The van der Waals surface area contributed by atoms with Crippen LogP contribution in [0.3, 0.4) is 0 Å². The molecule has 3 rings (SSSR count). The summed E-state index contributed by atoms with van der Waals surface area (Å²) in [4.78, 5) is 3.44. The molecule has 0 aliphatic heterocycles. The van der Waals surface area contributed by atoms with Crippen molar-refractivity contribution < 1.29 is 8.42 Å². The Morgan fingerprint density at radius 3 is 2.59 bits per heavy atom. The van der Waals surface area contributed by atoms with Crippen molar-refractivity contribution in [3.05, 3.63) is 59.8 Å². The van der Waals surface area contributed by atoms with Gasteiger partial charge in [-0.05, 0) is 67.9 Å². The zero-order chi connectivity index (χ0) is 23.1. The van der Waals surface area contributed by atoms with Crippen molar-refractivity contribution in [2.75, 3.05) is 18.4 Å².